The number of rotatable bonds is 9. The Labute approximate surface area is 229 Å². The second-order valence-corrected chi connectivity index (χ2v) is 10.1. The Balaban J connectivity index is 1.49. The first-order valence-corrected chi connectivity index (χ1v) is 13.4. The summed E-state index contributed by atoms with van der Waals surface area (Å²) >= 11 is 0. The van der Waals surface area contributed by atoms with Crippen LogP contribution < -0.4 is 10.6 Å². The van der Waals surface area contributed by atoms with E-state index in [-0.39, 0.29) is 17.7 Å². The molecule has 0 spiro atoms. The summed E-state index contributed by atoms with van der Waals surface area (Å²) in [6, 6.07) is 34.4. The Hall–Kier alpha value is -4.64. The second-order valence-electron chi connectivity index (χ2n) is 10.1. The van der Waals surface area contributed by atoms with E-state index in [2.05, 4.69) is 29.5 Å². The van der Waals surface area contributed by atoms with Gasteiger partial charge in [-0.05, 0) is 40.3 Å². The van der Waals surface area contributed by atoms with Gasteiger partial charge in [0.15, 0.2) is 0 Å². The summed E-state index contributed by atoms with van der Waals surface area (Å²) in [5, 5.41) is 7.27. The predicted octanol–water partition coefficient (Wildman–Crippen LogP) is 6.79. The van der Waals surface area contributed by atoms with E-state index < -0.39 is 12.0 Å². The van der Waals surface area contributed by atoms with E-state index in [0.29, 0.717) is 6.42 Å². The third-order valence-electron chi connectivity index (χ3n) is 7.10. The minimum atomic E-state index is -0.785. The molecule has 39 heavy (non-hydrogen) atoms. The molecule has 0 unspecified atom stereocenters. The van der Waals surface area contributed by atoms with Crippen molar-refractivity contribution in [2.75, 3.05) is 5.32 Å². The van der Waals surface area contributed by atoms with Crippen molar-refractivity contribution >= 4 is 28.4 Å². The van der Waals surface area contributed by atoms with E-state index in [1.54, 1.807) is 0 Å². The smallest absolute Gasteiger partial charge is 0.247 e. The number of amides is 2. The van der Waals surface area contributed by atoms with Crippen molar-refractivity contribution in [1.29, 1.82) is 0 Å². The zero-order valence-corrected chi connectivity index (χ0v) is 22.2. The molecule has 0 radical (unpaired) electrons. The fourth-order valence-corrected chi connectivity index (χ4v) is 5.11. The highest BCUT2D eigenvalue weighted by atomic mass is 16.2. The highest BCUT2D eigenvalue weighted by Gasteiger charge is 2.29. The van der Waals surface area contributed by atoms with Gasteiger partial charge >= 0.3 is 0 Å². The summed E-state index contributed by atoms with van der Waals surface area (Å²) in [4.78, 5) is 31.1. The standard InChI is InChI=1S/C34H33N3O2/c1-23(2)27-17-9-12-20-30(27)36-33(38)31(21-26-22-35-29-19-11-10-18-28(26)29)37-34(39)32(24-13-5-3-6-14-24)25-15-7-4-8-16-25/h3-20,22-23,31-32,35H,21H2,1-2H3,(H,36,38)(H,37,39)/t31-/m1/s1. The number of anilines is 1. The van der Waals surface area contributed by atoms with Gasteiger partial charge in [-0.2, -0.15) is 0 Å². The van der Waals surface area contributed by atoms with Gasteiger partial charge in [-0.15, -0.1) is 0 Å². The Morgan fingerprint density at radius 3 is 1.97 bits per heavy atom. The van der Waals surface area contributed by atoms with Crippen LogP contribution in [0.4, 0.5) is 5.69 Å². The molecule has 0 aliphatic carbocycles. The lowest BCUT2D eigenvalue weighted by Crippen LogP contribution is -2.47. The molecule has 5 aromatic rings. The molecule has 1 atom stereocenters. The fourth-order valence-electron chi connectivity index (χ4n) is 5.11. The molecule has 5 heteroatoms. The van der Waals surface area contributed by atoms with Crippen LogP contribution in [0.15, 0.2) is 115 Å². The van der Waals surface area contributed by atoms with Crippen LogP contribution in [0.25, 0.3) is 10.9 Å². The number of aromatic nitrogens is 1. The van der Waals surface area contributed by atoms with E-state index in [9.17, 15) is 9.59 Å². The van der Waals surface area contributed by atoms with Crippen LogP contribution in [0.2, 0.25) is 0 Å². The lowest BCUT2D eigenvalue weighted by Gasteiger charge is -2.24. The summed E-state index contributed by atoms with van der Waals surface area (Å²) in [6.07, 6.45) is 2.27. The molecular formula is C34H33N3O2. The number of carbonyl (C=O) groups is 2. The molecule has 3 N–H and O–H groups in total. The average Bonchev–Trinajstić information content (AvgIpc) is 3.37. The Bertz CT molecular complexity index is 1520. The molecule has 0 aliphatic rings. The Morgan fingerprint density at radius 2 is 1.31 bits per heavy atom. The van der Waals surface area contributed by atoms with Crippen molar-refractivity contribution in [2.24, 2.45) is 0 Å². The summed E-state index contributed by atoms with van der Waals surface area (Å²) in [6.45, 7) is 4.20. The molecule has 5 rings (SSSR count). The van der Waals surface area contributed by atoms with Gasteiger partial charge in [-0.3, -0.25) is 9.59 Å². The third-order valence-corrected chi connectivity index (χ3v) is 7.10. The van der Waals surface area contributed by atoms with Crippen molar-refractivity contribution in [2.45, 2.75) is 38.1 Å². The summed E-state index contributed by atoms with van der Waals surface area (Å²) in [5.41, 5.74) is 5.52. The van der Waals surface area contributed by atoms with E-state index in [0.717, 1.165) is 38.8 Å². The minimum Gasteiger partial charge on any atom is -0.361 e. The number of aromatic amines is 1. The molecular weight excluding hydrogens is 482 g/mol. The van der Waals surface area contributed by atoms with E-state index in [4.69, 9.17) is 0 Å². The first kappa shape index (κ1) is 26.0. The van der Waals surface area contributed by atoms with E-state index in [1.165, 1.54) is 0 Å². The second kappa shape index (κ2) is 11.8. The number of hydrogen-bond acceptors (Lipinski definition) is 2. The number of nitrogens with one attached hydrogen (secondary N) is 3. The molecule has 0 fully saturated rings. The highest BCUT2D eigenvalue weighted by molar-refractivity contribution is 6.00. The number of H-pyrrole nitrogens is 1. The molecule has 4 aromatic carbocycles. The minimum absolute atomic E-state index is 0.218. The molecule has 0 bridgehead atoms. The zero-order chi connectivity index (χ0) is 27.2. The maximum absolute atomic E-state index is 14.0. The van der Waals surface area contributed by atoms with Crippen molar-refractivity contribution in [1.82, 2.24) is 10.3 Å². The molecule has 0 aliphatic heterocycles. The molecule has 5 nitrogen and oxygen atoms in total. The maximum atomic E-state index is 14.0. The first-order valence-electron chi connectivity index (χ1n) is 13.4. The number of para-hydroxylation sites is 2. The average molecular weight is 516 g/mol. The van der Waals surface area contributed by atoms with Gasteiger partial charge in [-0.25, -0.2) is 0 Å². The van der Waals surface area contributed by atoms with E-state index in [1.807, 2.05) is 115 Å². The van der Waals surface area contributed by atoms with Crippen LogP contribution in [0.3, 0.4) is 0 Å². The summed E-state index contributed by atoms with van der Waals surface area (Å²) in [7, 11) is 0. The Kier molecular flexibility index (Phi) is 7.88. The topological polar surface area (TPSA) is 74.0 Å². The van der Waals surface area contributed by atoms with Gasteiger partial charge in [0.25, 0.3) is 0 Å². The Morgan fingerprint density at radius 1 is 0.718 bits per heavy atom. The lowest BCUT2D eigenvalue weighted by molar-refractivity contribution is -0.126. The van der Waals surface area contributed by atoms with Gasteiger partial charge in [-0.1, -0.05) is 111 Å². The monoisotopic (exact) mass is 515 g/mol. The lowest BCUT2D eigenvalue weighted by atomic mass is 9.90. The number of benzene rings is 4. The molecule has 196 valence electrons. The summed E-state index contributed by atoms with van der Waals surface area (Å²) < 4.78 is 0. The SMILES string of the molecule is CC(C)c1ccccc1NC(=O)[C@@H](Cc1c[nH]c2ccccc12)NC(=O)C(c1ccccc1)c1ccccc1. The van der Waals surface area contributed by atoms with Crippen molar-refractivity contribution in [3.05, 3.63) is 138 Å². The normalized spacial score (nSPS) is 12.0. The fraction of sp³-hybridized carbons (Fsp3) is 0.176. The largest absolute Gasteiger partial charge is 0.361 e. The van der Waals surface area contributed by atoms with Crippen LogP contribution in [0, 0.1) is 0 Å². The molecule has 1 aromatic heterocycles. The van der Waals surface area contributed by atoms with Crippen LogP contribution in [-0.4, -0.2) is 22.8 Å². The molecule has 0 saturated carbocycles. The molecule has 2 amide bonds. The number of carbonyl (C=O) groups excluding carboxylic acids is 2. The quantitative estimate of drug-likeness (QED) is 0.202. The van der Waals surface area contributed by atoms with Crippen molar-refractivity contribution < 1.29 is 9.59 Å². The van der Waals surface area contributed by atoms with Crippen LogP contribution >= 0.6 is 0 Å². The third kappa shape index (κ3) is 5.93. The number of fused-ring (bicyclic) bond motifs is 1. The van der Waals surface area contributed by atoms with Gasteiger partial charge in [0.2, 0.25) is 11.8 Å². The van der Waals surface area contributed by atoms with Crippen molar-refractivity contribution in [3.63, 3.8) is 0 Å². The van der Waals surface area contributed by atoms with Gasteiger partial charge < -0.3 is 15.6 Å². The highest BCUT2D eigenvalue weighted by Crippen LogP contribution is 2.27. The van der Waals surface area contributed by atoms with Crippen LogP contribution in [0.5, 0.6) is 0 Å². The van der Waals surface area contributed by atoms with Crippen molar-refractivity contribution in [3.8, 4) is 0 Å². The van der Waals surface area contributed by atoms with Gasteiger partial charge in [0.1, 0.15) is 6.04 Å². The number of hydrogen-bond donors (Lipinski definition) is 3. The van der Waals surface area contributed by atoms with Gasteiger partial charge in [0.05, 0.1) is 5.92 Å². The van der Waals surface area contributed by atoms with E-state index >= 15 is 0 Å². The molecule has 0 saturated heterocycles. The maximum Gasteiger partial charge on any atom is 0.247 e. The zero-order valence-electron chi connectivity index (χ0n) is 22.2. The van der Waals surface area contributed by atoms with Crippen LogP contribution in [-0.2, 0) is 16.0 Å². The first-order chi connectivity index (χ1) is 19.0. The molecule has 1 heterocycles. The predicted molar refractivity (Wildman–Crippen MR) is 158 cm³/mol. The van der Waals surface area contributed by atoms with Crippen LogP contribution in [0.1, 0.15) is 47.9 Å². The summed E-state index contributed by atoms with van der Waals surface area (Å²) in [5.74, 6) is -0.775. The van der Waals surface area contributed by atoms with Gasteiger partial charge in [0, 0.05) is 29.2 Å².